The number of nitrogens with zero attached hydrogens (tertiary/aromatic N) is 3. The van der Waals surface area contributed by atoms with Crippen molar-refractivity contribution in [2.75, 3.05) is 7.11 Å². The van der Waals surface area contributed by atoms with E-state index >= 15 is 0 Å². The van der Waals surface area contributed by atoms with Crippen molar-refractivity contribution in [3.05, 3.63) is 107 Å². The first-order chi connectivity index (χ1) is 19.4. The Morgan fingerprint density at radius 2 is 1.59 bits per heavy atom. The lowest BCUT2D eigenvalue weighted by atomic mass is 10.1. The van der Waals surface area contributed by atoms with Crippen LogP contribution in [0.3, 0.4) is 0 Å². The fraction of sp³-hybridized carbons (Fsp3) is 0.290. The van der Waals surface area contributed by atoms with E-state index in [0.717, 1.165) is 28.6 Å². The molecule has 4 rings (SSSR count). The summed E-state index contributed by atoms with van der Waals surface area (Å²) in [4.78, 5) is 13.4. The van der Waals surface area contributed by atoms with Gasteiger partial charge in [0.2, 0.25) is 0 Å². The Balaban J connectivity index is 1.67. The first kappa shape index (κ1) is 29.7. The largest absolute Gasteiger partial charge is 0.493 e. The number of carboxylic acids is 1. The summed E-state index contributed by atoms with van der Waals surface area (Å²) >= 11 is 0. The predicted octanol–water partition coefficient (Wildman–Crippen LogP) is 6.65. The molecule has 41 heavy (non-hydrogen) atoms. The number of aromatic nitrogens is 2. The molecule has 0 radical (unpaired) electrons. The third-order valence-electron chi connectivity index (χ3n) is 6.65. The normalized spacial score (nSPS) is 12.0. The van der Waals surface area contributed by atoms with Crippen LogP contribution in [-0.2, 0) is 30.6 Å². The number of benzene rings is 3. The van der Waals surface area contributed by atoms with Crippen LogP contribution < -0.4 is 9.47 Å². The Hall–Kier alpha value is -4.31. The van der Waals surface area contributed by atoms with E-state index < -0.39 is 23.3 Å². The number of rotatable bonds is 11. The number of aryl methyl sites for hydroxylation is 1. The maximum absolute atomic E-state index is 13.8. The molecule has 0 aliphatic carbocycles. The molecule has 1 N–H and O–H groups in total. The smallest absolute Gasteiger partial charge is 0.416 e. The van der Waals surface area contributed by atoms with Crippen LogP contribution in [0.4, 0.5) is 13.2 Å². The highest BCUT2D eigenvalue weighted by molar-refractivity contribution is 5.77. The molecule has 0 spiro atoms. The number of aliphatic carboxylic acids is 1. The number of carbonyl (C=O) groups is 1. The minimum atomic E-state index is -4.49. The Morgan fingerprint density at radius 1 is 0.927 bits per heavy atom. The molecule has 1 aromatic heterocycles. The number of hydrogen-bond donors (Lipinski definition) is 1. The van der Waals surface area contributed by atoms with Gasteiger partial charge in [0.15, 0.2) is 17.1 Å². The van der Waals surface area contributed by atoms with Gasteiger partial charge in [0.05, 0.1) is 24.1 Å². The Bertz CT molecular complexity index is 1500. The van der Waals surface area contributed by atoms with Crippen molar-refractivity contribution in [2.24, 2.45) is 0 Å². The summed E-state index contributed by atoms with van der Waals surface area (Å²) in [7, 11) is 1.44. The van der Waals surface area contributed by atoms with Gasteiger partial charge in [0.1, 0.15) is 0 Å². The van der Waals surface area contributed by atoms with Gasteiger partial charge in [-0.2, -0.15) is 18.3 Å². The van der Waals surface area contributed by atoms with E-state index in [1.54, 1.807) is 28.9 Å². The van der Waals surface area contributed by atoms with Gasteiger partial charge in [0.25, 0.3) is 0 Å². The van der Waals surface area contributed by atoms with Gasteiger partial charge in [-0.1, -0.05) is 42.5 Å². The van der Waals surface area contributed by atoms with Gasteiger partial charge >= 0.3 is 12.1 Å². The average molecular weight is 568 g/mol. The predicted molar refractivity (Wildman–Crippen MR) is 148 cm³/mol. The minimum Gasteiger partial charge on any atom is -0.493 e. The molecule has 0 saturated carbocycles. The molecule has 0 atom stereocenters. The molecule has 10 heteroatoms. The third-order valence-corrected chi connectivity index (χ3v) is 6.65. The van der Waals surface area contributed by atoms with E-state index in [1.807, 2.05) is 48.4 Å². The molecule has 0 unspecified atom stereocenters. The minimum absolute atomic E-state index is 0.0260. The zero-order valence-electron chi connectivity index (χ0n) is 23.3. The van der Waals surface area contributed by atoms with Gasteiger partial charge in [-0.15, -0.1) is 0 Å². The molecule has 7 nitrogen and oxygen atoms in total. The van der Waals surface area contributed by atoms with Crippen LogP contribution >= 0.6 is 0 Å². The summed E-state index contributed by atoms with van der Waals surface area (Å²) in [5.41, 5.74) is 1.25. The van der Waals surface area contributed by atoms with Crippen molar-refractivity contribution in [1.82, 2.24) is 14.7 Å². The highest BCUT2D eigenvalue weighted by Crippen LogP contribution is 2.34. The maximum atomic E-state index is 13.8. The highest BCUT2D eigenvalue weighted by atomic mass is 19.4. The van der Waals surface area contributed by atoms with Crippen LogP contribution in [0, 0.1) is 6.92 Å². The molecule has 3 aromatic carbocycles. The Labute approximate surface area is 236 Å². The van der Waals surface area contributed by atoms with Crippen molar-refractivity contribution in [3.8, 4) is 17.2 Å². The SMILES string of the molecule is COc1cc(CN(Cc2ccccc2C(F)(F)F)Cc2cn(-c3ccccc3)nc2C)ccc1OC(C)(C)C(=O)O. The zero-order chi connectivity index (χ0) is 29.8. The molecule has 0 aliphatic rings. The molecule has 0 fully saturated rings. The quantitative estimate of drug-likeness (QED) is 0.219. The summed E-state index contributed by atoms with van der Waals surface area (Å²) in [5, 5.41) is 14.1. The number of para-hydroxylation sites is 1. The van der Waals surface area contributed by atoms with E-state index in [2.05, 4.69) is 5.10 Å². The number of carboxylic acid groups (broad SMARTS) is 1. The monoisotopic (exact) mass is 567 g/mol. The van der Waals surface area contributed by atoms with Crippen LogP contribution in [0.2, 0.25) is 0 Å². The topological polar surface area (TPSA) is 76.8 Å². The molecule has 0 aliphatic heterocycles. The van der Waals surface area contributed by atoms with E-state index in [4.69, 9.17) is 9.47 Å². The summed E-state index contributed by atoms with van der Waals surface area (Å²) in [6, 6.07) is 20.2. The number of methoxy groups -OCH3 is 1. The first-order valence-electron chi connectivity index (χ1n) is 12.9. The van der Waals surface area contributed by atoms with E-state index in [9.17, 15) is 23.1 Å². The number of hydrogen-bond acceptors (Lipinski definition) is 5. The summed E-state index contributed by atoms with van der Waals surface area (Å²) in [5.74, 6) is -0.567. The third kappa shape index (κ3) is 7.26. The molecular formula is C31H32F3N3O4. The zero-order valence-corrected chi connectivity index (χ0v) is 23.3. The molecule has 0 bridgehead atoms. The summed E-state index contributed by atoms with van der Waals surface area (Å²) in [6.07, 6.45) is -2.60. The van der Waals surface area contributed by atoms with Gasteiger partial charge in [-0.05, 0) is 62.2 Å². The van der Waals surface area contributed by atoms with Gasteiger partial charge in [-0.25, -0.2) is 9.48 Å². The van der Waals surface area contributed by atoms with Crippen molar-refractivity contribution in [2.45, 2.75) is 52.2 Å². The highest BCUT2D eigenvalue weighted by Gasteiger charge is 2.33. The molecular weight excluding hydrogens is 535 g/mol. The maximum Gasteiger partial charge on any atom is 0.416 e. The Morgan fingerprint density at radius 3 is 2.24 bits per heavy atom. The van der Waals surface area contributed by atoms with Crippen molar-refractivity contribution < 1.29 is 32.5 Å². The second-order valence-corrected chi connectivity index (χ2v) is 10.2. The molecule has 1 heterocycles. The second kappa shape index (κ2) is 12.1. The summed E-state index contributed by atoms with van der Waals surface area (Å²) < 4.78 is 54.4. The van der Waals surface area contributed by atoms with Crippen LogP contribution in [0.5, 0.6) is 11.5 Å². The molecule has 0 saturated heterocycles. The first-order valence-corrected chi connectivity index (χ1v) is 12.9. The van der Waals surface area contributed by atoms with Crippen LogP contribution in [0.1, 0.15) is 41.8 Å². The standard InChI is InChI=1S/C31H32F3N3O4/c1-21-24(20-37(35-21)25-11-6-5-7-12-25)19-36(18-23-10-8-9-13-26(23)31(32,33)34)17-22-14-15-27(28(16-22)40-4)41-30(2,3)29(38)39/h5-16,20H,17-19H2,1-4H3,(H,38,39). The average Bonchev–Trinajstić information content (AvgIpc) is 3.29. The molecule has 216 valence electrons. The number of alkyl halides is 3. The van der Waals surface area contributed by atoms with Crippen LogP contribution in [0.15, 0.2) is 79.0 Å². The molecule has 4 aromatic rings. The number of ether oxygens (including phenoxy) is 2. The lowest BCUT2D eigenvalue weighted by molar-refractivity contribution is -0.152. The lowest BCUT2D eigenvalue weighted by Gasteiger charge is -2.26. The van der Waals surface area contributed by atoms with E-state index in [-0.39, 0.29) is 24.4 Å². The van der Waals surface area contributed by atoms with Gasteiger partial charge < -0.3 is 14.6 Å². The fourth-order valence-electron chi connectivity index (χ4n) is 4.42. The van der Waals surface area contributed by atoms with E-state index in [1.165, 1.54) is 33.1 Å². The van der Waals surface area contributed by atoms with Gasteiger partial charge in [-0.3, -0.25) is 4.90 Å². The second-order valence-electron chi connectivity index (χ2n) is 10.2. The van der Waals surface area contributed by atoms with Crippen molar-refractivity contribution >= 4 is 5.97 Å². The van der Waals surface area contributed by atoms with Crippen molar-refractivity contribution in [1.29, 1.82) is 0 Å². The van der Waals surface area contributed by atoms with Gasteiger partial charge in [0, 0.05) is 31.4 Å². The number of halogens is 3. The lowest BCUT2D eigenvalue weighted by Crippen LogP contribution is -2.38. The Kier molecular flexibility index (Phi) is 8.72. The van der Waals surface area contributed by atoms with Crippen LogP contribution in [-0.4, -0.2) is 38.5 Å². The fourth-order valence-corrected chi connectivity index (χ4v) is 4.42. The summed E-state index contributed by atoms with van der Waals surface area (Å²) in [6.45, 7) is 5.37. The van der Waals surface area contributed by atoms with Crippen LogP contribution in [0.25, 0.3) is 5.69 Å². The van der Waals surface area contributed by atoms with Crippen molar-refractivity contribution in [3.63, 3.8) is 0 Å². The van der Waals surface area contributed by atoms with E-state index in [0.29, 0.717) is 12.3 Å². The molecule has 0 amide bonds.